The summed E-state index contributed by atoms with van der Waals surface area (Å²) in [6.45, 7) is 7.56. The summed E-state index contributed by atoms with van der Waals surface area (Å²) in [7, 11) is 0. The molecule has 0 bridgehead atoms. The normalized spacial score (nSPS) is 24.5. The number of nitrogens with one attached hydrogen (secondary N) is 1. The Morgan fingerprint density at radius 1 is 1.07 bits per heavy atom. The maximum Gasteiger partial charge on any atom is 0.410 e. The van der Waals surface area contributed by atoms with Gasteiger partial charge in [0.15, 0.2) is 0 Å². The molecule has 3 amide bonds. The highest BCUT2D eigenvalue weighted by Crippen LogP contribution is 2.37. The number of carbonyl (C=O) groups excluding carboxylic acids is 3. The van der Waals surface area contributed by atoms with Crippen LogP contribution in [0.3, 0.4) is 0 Å². The van der Waals surface area contributed by atoms with E-state index >= 15 is 0 Å². The molecule has 27 heavy (non-hydrogen) atoms. The second-order valence-electron chi connectivity index (χ2n) is 8.06. The van der Waals surface area contributed by atoms with Crippen molar-refractivity contribution in [1.82, 2.24) is 15.1 Å². The number of nitrogens with zero attached hydrogens (tertiary/aromatic N) is 2. The van der Waals surface area contributed by atoms with Crippen LogP contribution in [-0.4, -0.2) is 59.5 Å². The Kier molecular flexibility index (Phi) is 5.24. The van der Waals surface area contributed by atoms with Crippen molar-refractivity contribution in [2.75, 3.05) is 26.2 Å². The molecule has 3 rings (SSSR count). The van der Waals surface area contributed by atoms with E-state index in [1.807, 2.05) is 51.1 Å². The first kappa shape index (κ1) is 19.4. The first-order valence-corrected chi connectivity index (χ1v) is 9.35. The van der Waals surface area contributed by atoms with Gasteiger partial charge in [-0.3, -0.25) is 19.8 Å². The monoisotopic (exact) mass is 373 g/mol. The Morgan fingerprint density at radius 2 is 1.70 bits per heavy atom. The van der Waals surface area contributed by atoms with E-state index in [9.17, 15) is 14.4 Å². The number of benzene rings is 1. The van der Waals surface area contributed by atoms with Crippen molar-refractivity contribution in [2.24, 2.45) is 0 Å². The Hall–Kier alpha value is -2.41. The van der Waals surface area contributed by atoms with Gasteiger partial charge in [-0.25, -0.2) is 4.79 Å². The van der Waals surface area contributed by atoms with Gasteiger partial charge in [0.05, 0.1) is 0 Å². The average Bonchev–Trinajstić information content (AvgIpc) is 2.62. The second-order valence-corrected chi connectivity index (χ2v) is 8.06. The molecule has 2 heterocycles. The highest BCUT2D eigenvalue weighted by Gasteiger charge is 2.49. The number of imide groups is 1. The van der Waals surface area contributed by atoms with E-state index in [4.69, 9.17) is 4.74 Å². The topological polar surface area (TPSA) is 79.0 Å². The summed E-state index contributed by atoms with van der Waals surface area (Å²) in [6.07, 6.45) is 0.403. The van der Waals surface area contributed by atoms with Gasteiger partial charge < -0.3 is 9.64 Å². The van der Waals surface area contributed by atoms with Gasteiger partial charge >= 0.3 is 6.09 Å². The number of piperidine rings is 1. The molecular formula is C20H27N3O4. The number of rotatable bonds is 2. The van der Waals surface area contributed by atoms with E-state index in [0.29, 0.717) is 39.0 Å². The van der Waals surface area contributed by atoms with Crippen LogP contribution in [0.5, 0.6) is 0 Å². The maximum atomic E-state index is 13.0. The summed E-state index contributed by atoms with van der Waals surface area (Å²) in [6, 6.07) is 9.56. The van der Waals surface area contributed by atoms with Crippen molar-refractivity contribution in [2.45, 2.75) is 44.8 Å². The van der Waals surface area contributed by atoms with E-state index in [1.165, 1.54) is 0 Å². The van der Waals surface area contributed by atoms with Gasteiger partial charge in [0.25, 0.3) is 5.91 Å². The second kappa shape index (κ2) is 7.31. The lowest BCUT2D eigenvalue weighted by Crippen LogP contribution is -2.64. The van der Waals surface area contributed by atoms with Crippen LogP contribution in [0.25, 0.3) is 0 Å². The average molecular weight is 373 g/mol. The molecule has 1 aromatic carbocycles. The quantitative estimate of drug-likeness (QED) is 0.801. The molecule has 0 spiro atoms. The molecule has 7 nitrogen and oxygen atoms in total. The minimum Gasteiger partial charge on any atom is -0.444 e. The van der Waals surface area contributed by atoms with Crippen LogP contribution in [0.4, 0.5) is 4.79 Å². The molecule has 0 aromatic heterocycles. The molecule has 2 aliphatic heterocycles. The van der Waals surface area contributed by atoms with Crippen molar-refractivity contribution >= 4 is 17.9 Å². The third-order valence-electron chi connectivity index (χ3n) is 5.06. The maximum absolute atomic E-state index is 13.0. The summed E-state index contributed by atoms with van der Waals surface area (Å²) in [5.41, 5.74) is -0.543. The molecule has 2 fully saturated rings. The standard InChI is InChI=1S/C20H27N3O4/c1-19(2,3)27-18(26)22-11-13-23(14-12-22)20(15-7-5-4-6-8-15)10-9-16(24)21-17(20)25/h4-8H,9-14H2,1-3H3,(H,21,24,25). The van der Waals surface area contributed by atoms with Gasteiger partial charge in [0, 0.05) is 32.6 Å². The van der Waals surface area contributed by atoms with Gasteiger partial charge in [0.1, 0.15) is 11.1 Å². The summed E-state index contributed by atoms with van der Waals surface area (Å²) in [5, 5.41) is 2.51. The number of piperazine rings is 1. The molecule has 7 heteroatoms. The Labute approximate surface area is 159 Å². The van der Waals surface area contributed by atoms with Crippen molar-refractivity contribution in [3.63, 3.8) is 0 Å². The van der Waals surface area contributed by atoms with E-state index in [2.05, 4.69) is 10.2 Å². The van der Waals surface area contributed by atoms with Crippen LogP contribution in [0.2, 0.25) is 0 Å². The molecule has 146 valence electrons. The van der Waals surface area contributed by atoms with Crippen LogP contribution in [0.1, 0.15) is 39.2 Å². The minimum absolute atomic E-state index is 0.237. The molecular weight excluding hydrogens is 346 g/mol. The number of hydrogen-bond donors (Lipinski definition) is 1. The Morgan fingerprint density at radius 3 is 2.26 bits per heavy atom. The van der Waals surface area contributed by atoms with Gasteiger partial charge in [0.2, 0.25) is 5.91 Å². The summed E-state index contributed by atoms with van der Waals surface area (Å²) < 4.78 is 5.45. The van der Waals surface area contributed by atoms with E-state index in [0.717, 1.165) is 5.56 Å². The fraction of sp³-hybridized carbons (Fsp3) is 0.550. The smallest absolute Gasteiger partial charge is 0.410 e. The fourth-order valence-electron chi connectivity index (χ4n) is 3.77. The van der Waals surface area contributed by atoms with Gasteiger partial charge in [-0.05, 0) is 32.8 Å². The third kappa shape index (κ3) is 3.98. The van der Waals surface area contributed by atoms with Crippen molar-refractivity contribution in [1.29, 1.82) is 0 Å². The first-order chi connectivity index (χ1) is 12.7. The number of carbonyl (C=O) groups is 3. The molecule has 0 aliphatic carbocycles. The van der Waals surface area contributed by atoms with Gasteiger partial charge in [-0.1, -0.05) is 30.3 Å². The third-order valence-corrected chi connectivity index (χ3v) is 5.06. The number of hydrogen-bond acceptors (Lipinski definition) is 5. The van der Waals surface area contributed by atoms with Crippen LogP contribution in [0.15, 0.2) is 30.3 Å². The molecule has 0 radical (unpaired) electrons. The zero-order valence-electron chi connectivity index (χ0n) is 16.2. The zero-order chi connectivity index (χ0) is 19.7. The predicted molar refractivity (Wildman–Crippen MR) is 99.9 cm³/mol. The summed E-state index contributed by atoms with van der Waals surface area (Å²) >= 11 is 0. The zero-order valence-corrected chi connectivity index (χ0v) is 16.2. The lowest BCUT2D eigenvalue weighted by Gasteiger charge is -2.48. The Balaban J connectivity index is 1.79. The number of amides is 3. The largest absolute Gasteiger partial charge is 0.444 e. The highest BCUT2D eigenvalue weighted by atomic mass is 16.6. The van der Waals surface area contributed by atoms with Gasteiger partial charge in [-0.15, -0.1) is 0 Å². The number of ether oxygens (including phenoxy) is 1. The van der Waals surface area contributed by atoms with Crippen molar-refractivity contribution in [3.05, 3.63) is 35.9 Å². The van der Waals surface area contributed by atoms with Gasteiger partial charge in [-0.2, -0.15) is 0 Å². The summed E-state index contributed by atoms with van der Waals surface area (Å²) in [4.78, 5) is 40.8. The molecule has 1 aromatic rings. The molecule has 1 unspecified atom stereocenters. The minimum atomic E-state index is -0.880. The first-order valence-electron chi connectivity index (χ1n) is 9.35. The SMILES string of the molecule is CC(C)(C)OC(=O)N1CCN(C2(c3ccccc3)CCC(=O)NC2=O)CC1. The van der Waals surface area contributed by atoms with Crippen LogP contribution >= 0.6 is 0 Å². The molecule has 0 saturated carbocycles. The van der Waals surface area contributed by atoms with Crippen molar-refractivity contribution in [3.8, 4) is 0 Å². The van der Waals surface area contributed by atoms with Crippen LogP contribution in [-0.2, 0) is 19.9 Å². The van der Waals surface area contributed by atoms with E-state index in [-0.39, 0.29) is 17.9 Å². The lowest BCUT2D eigenvalue weighted by atomic mass is 9.80. The molecule has 1 N–H and O–H groups in total. The fourth-order valence-corrected chi connectivity index (χ4v) is 3.77. The molecule has 2 saturated heterocycles. The Bertz CT molecular complexity index is 720. The lowest BCUT2D eigenvalue weighted by molar-refractivity contribution is -0.146. The van der Waals surface area contributed by atoms with Crippen LogP contribution < -0.4 is 5.32 Å². The van der Waals surface area contributed by atoms with Crippen molar-refractivity contribution < 1.29 is 19.1 Å². The van der Waals surface area contributed by atoms with E-state index in [1.54, 1.807) is 4.90 Å². The molecule has 2 aliphatic rings. The van der Waals surface area contributed by atoms with Crippen LogP contribution in [0, 0.1) is 0 Å². The summed E-state index contributed by atoms with van der Waals surface area (Å²) in [5.74, 6) is -0.519. The predicted octanol–water partition coefficient (Wildman–Crippen LogP) is 1.87. The van der Waals surface area contributed by atoms with E-state index < -0.39 is 11.1 Å². The molecule has 1 atom stereocenters. The highest BCUT2D eigenvalue weighted by molar-refractivity contribution is 6.03.